The van der Waals surface area contributed by atoms with Crippen LogP contribution in [0.1, 0.15) is 12.6 Å². The van der Waals surface area contributed by atoms with Crippen molar-refractivity contribution < 1.29 is 0 Å². The van der Waals surface area contributed by atoms with Gasteiger partial charge in [-0.2, -0.15) is 0 Å². The molecule has 62 valence electrons. The summed E-state index contributed by atoms with van der Waals surface area (Å²) in [5.74, 6) is 0. The van der Waals surface area contributed by atoms with E-state index in [0.717, 1.165) is 17.2 Å². The quantitative estimate of drug-likeness (QED) is 0.700. The summed E-state index contributed by atoms with van der Waals surface area (Å²) in [6, 6.07) is 0. The molecular formula is C7H13N3S. The predicted octanol–water partition coefficient (Wildman–Crippen LogP) is 1.59. The van der Waals surface area contributed by atoms with Crippen LogP contribution in [-0.4, -0.2) is 24.1 Å². The fraction of sp³-hybridized carbons (Fsp3) is 0.571. The van der Waals surface area contributed by atoms with Gasteiger partial charge in [0, 0.05) is 19.5 Å². The summed E-state index contributed by atoms with van der Waals surface area (Å²) in [7, 11) is 3.90. The summed E-state index contributed by atoms with van der Waals surface area (Å²) in [6.07, 6.45) is 1.01. The van der Waals surface area contributed by atoms with Gasteiger partial charge in [-0.1, -0.05) is 6.92 Å². The number of aryl methyl sites for hydroxylation is 1. The lowest BCUT2D eigenvalue weighted by Gasteiger charge is -2.08. The maximum absolute atomic E-state index is 4.33. The minimum atomic E-state index is 0.965. The molecule has 11 heavy (non-hydrogen) atoms. The molecule has 0 spiro atoms. The minimum Gasteiger partial charge on any atom is -0.295 e. The Kier molecular flexibility index (Phi) is 2.84. The van der Waals surface area contributed by atoms with E-state index in [-0.39, 0.29) is 0 Å². The Morgan fingerprint density at radius 2 is 2.36 bits per heavy atom. The number of thiazole rings is 1. The van der Waals surface area contributed by atoms with E-state index in [4.69, 9.17) is 0 Å². The van der Waals surface area contributed by atoms with Crippen molar-refractivity contribution in [3.8, 4) is 0 Å². The second kappa shape index (κ2) is 3.69. The average molecular weight is 171 g/mol. The molecule has 0 atom stereocenters. The van der Waals surface area contributed by atoms with Crippen LogP contribution in [0.25, 0.3) is 0 Å². The van der Waals surface area contributed by atoms with E-state index in [9.17, 15) is 0 Å². The van der Waals surface area contributed by atoms with Crippen molar-refractivity contribution in [1.29, 1.82) is 0 Å². The Labute approximate surface area is 71.0 Å². The van der Waals surface area contributed by atoms with Gasteiger partial charge in [0.2, 0.25) is 0 Å². The first-order valence-corrected chi connectivity index (χ1v) is 4.48. The molecule has 1 rings (SSSR count). The summed E-state index contributed by atoms with van der Waals surface area (Å²) < 4.78 is 0. The molecule has 0 fully saturated rings. The molecule has 1 aromatic rings. The molecule has 0 aromatic carbocycles. The first kappa shape index (κ1) is 8.49. The molecule has 1 heterocycles. The van der Waals surface area contributed by atoms with Crippen LogP contribution in [0.5, 0.6) is 0 Å². The highest BCUT2D eigenvalue weighted by Gasteiger charge is 1.98. The van der Waals surface area contributed by atoms with Gasteiger partial charge in [0.25, 0.3) is 0 Å². The number of aromatic nitrogens is 1. The summed E-state index contributed by atoms with van der Waals surface area (Å²) in [5.41, 5.74) is 4.25. The van der Waals surface area contributed by atoms with Crippen molar-refractivity contribution in [1.82, 2.24) is 9.99 Å². The van der Waals surface area contributed by atoms with E-state index in [2.05, 4.69) is 22.7 Å². The third-order valence-electron chi connectivity index (χ3n) is 1.23. The van der Waals surface area contributed by atoms with Crippen LogP contribution < -0.4 is 5.43 Å². The monoisotopic (exact) mass is 171 g/mol. The van der Waals surface area contributed by atoms with E-state index in [1.54, 1.807) is 11.3 Å². The van der Waals surface area contributed by atoms with Crippen LogP contribution in [0.2, 0.25) is 0 Å². The number of hydrazine groups is 1. The molecule has 0 radical (unpaired) electrons. The molecule has 3 nitrogen and oxygen atoms in total. The molecule has 4 heteroatoms. The Morgan fingerprint density at radius 1 is 1.64 bits per heavy atom. The summed E-state index contributed by atoms with van der Waals surface area (Å²) in [4.78, 5) is 4.33. The molecule has 0 unspecified atom stereocenters. The molecule has 0 aliphatic heterocycles. The Morgan fingerprint density at radius 3 is 2.82 bits per heavy atom. The number of hydrogen-bond acceptors (Lipinski definition) is 4. The highest BCUT2D eigenvalue weighted by Crippen LogP contribution is 2.15. The third kappa shape index (κ3) is 2.48. The van der Waals surface area contributed by atoms with Crippen LogP contribution in [0, 0.1) is 0 Å². The largest absolute Gasteiger partial charge is 0.295 e. The van der Waals surface area contributed by atoms with Gasteiger partial charge in [-0.05, 0) is 6.42 Å². The van der Waals surface area contributed by atoms with Crippen LogP contribution in [0.3, 0.4) is 0 Å². The zero-order valence-corrected chi connectivity index (χ0v) is 7.90. The van der Waals surface area contributed by atoms with Crippen LogP contribution in [0.4, 0.5) is 5.13 Å². The molecule has 0 saturated carbocycles. The first-order valence-electron chi connectivity index (χ1n) is 3.60. The maximum atomic E-state index is 4.33. The summed E-state index contributed by atoms with van der Waals surface area (Å²) in [5, 5.41) is 4.93. The topological polar surface area (TPSA) is 28.2 Å². The Bertz CT molecular complexity index is 219. The van der Waals surface area contributed by atoms with Gasteiger partial charge in [-0.25, -0.2) is 9.99 Å². The second-order valence-corrected chi connectivity index (χ2v) is 3.36. The molecule has 0 aliphatic carbocycles. The van der Waals surface area contributed by atoms with Gasteiger partial charge in [0.1, 0.15) is 0 Å². The van der Waals surface area contributed by atoms with Gasteiger partial charge >= 0.3 is 0 Å². The van der Waals surface area contributed by atoms with Gasteiger partial charge in [-0.3, -0.25) is 5.43 Å². The third-order valence-corrected chi connectivity index (χ3v) is 2.03. The van der Waals surface area contributed by atoms with Crippen molar-refractivity contribution in [2.24, 2.45) is 0 Å². The van der Waals surface area contributed by atoms with E-state index in [0.29, 0.717) is 0 Å². The van der Waals surface area contributed by atoms with E-state index in [1.165, 1.54) is 0 Å². The molecule has 0 aliphatic rings. The smallest absolute Gasteiger partial charge is 0.197 e. The summed E-state index contributed by atoms with van der Waals surface area (Å²) in [6.45, 7) is 2.11. The fourth-order valence-corrected chi connectivity index (χ4v) is 1.58. The Balaban J connectivity index is 2.58. The van der Waals surface area contributed by atoms with Crippen molar-refractivity contribution in [2.75, 3.05) is 19.5 Å². The summed E-state index contributed by atoms with van der Waals surface area (Å²) >= 11 is 1.64. The molecule has 0 bridgehead atoms. The average Bonchev–Trinajstić information content (AvgIpc) is 2.34. The van der Waals surface area contributed by atoms with Crippen molar-refractivity contribution in [3.05, 3.63) is 11.1 Å². The minimum absolute atomic E-state index is 0.965. The SMILES string of the molecule is CCc1csc(NN(C)C)n1. The lowest BCUT2D eigenvalue weighted by atomic mass is 10.4. The fourth-order valence-electron chi connectivity index (χ4n) is 0.712. The molecule has 0 amide bonds. The molecule has 0 saturated heterocycles. The number of nitrogens with one attached hydrogen (secondary N) is 1. The van der Waals surface area contributed by atoms with Crippen molar-refractivity contribution in [3.63, 3.8) is 0 Å². The number of rotatable bonds is 3. The standard InChI is InChI=1S/C7H13N3S/c1-4-6-5-11-7(8-6)9-10(2)3/h5H,4H2,1-3H3,(H,8,9). The lowest BCUT2D eigenvalue weighted by molar-refractivity contribution is 0.494. The highest BCUT2D eigenvalue weighted by molar-refractivity contribution is 7.13. The van der Waals surface area contributed by atoms with E-state index < -0.39 is 0 Å². The van der Waals surface area contributed by atoms with Gasteiger partial charge < -0.3 is 0 Å². The normalized spacial score (nSPS) is 10.5. The van der Waals surface area contributed by atoms with Gasteiger partial charge in [0.05, 0.1) is 5.69 Å². The second-order valence-electron chi connectivity index (χ2n) is 2.50. The maximum Gasteiger partial charge on any atom is 0.197 e. The van der Waals surface area contributed by atoms with Crippen molar-refractivity contribution >= 4 is 16.5 Å². The Hall–Kier alpha value is -0.610. The van der Waals surface area contributed by atoms with E-state index >= 15 is 0 Å². The van der Waals surface area contributed by atoms with Crippen LogP contribution in [-0.2, 0) is 6.42 Å². The number of anilines is 1. The number of nitrogens with zero attached hydrogens (tertiary/aromatic N) is 2. The number of hydrogen-bond donors (Lipinski definition) is 1. The zero-order chi connectivity index (χ0) is 8.27. The predicted molar refractivity (Wildman–Crippen MR) is 48.8 cm³/mol. The lowest BCUT2D eigenvalue weighted by Crippen LogP contribution is -2.19. The van der Waals surface area contributed by atoms with E-state index in [1.807, 2.05) is 19.1 Å². The van der Waals surface area contributed by atoms with Crippen LogP contribution >= 0.6 is 11.3 Å². The zero-order valence-electron chi connectivity index (χ0n) is 7.09. The van der Waals surface area contributed by atoms with Crippen LogP contribution in [0.15, 0.2) is 5.38 Å². The van der Waals surface area contributed by atoms with Gasteiger partial charge in [0.15, 0.2) is 5.13 Å². The molecular weight excluding hydrogens is 158 g/mol. The molecule has 1 aromatic heterocycles. The van der Waals surface area contributed by atoms with Gasteiger partial charge in [-0.15, -0.1) is 11.3 Å². The van der Waals surface area contributed by atoms with Crippen molar-refractivity contribution in [2.45, 2.75) is 13.3 Å². The molecule has 1 N–H and O–H groups in total. The first-order chi connectivity index (χ1) is 5.22. The highest BCUT2D eigenvalue weighted by atomic mass is 32.1.